The van der Waals surface area contributed by atoms with E-state index in [-0.39, 0.29) is 0 Å². The van der Waals surface area contributed by atoms with Gasteiger partial charge >= 0.3 is 5.97 Å². The first-order valence-electron chi connectivity index (χ1n) is 6.16. The molecule has 0 heterocycles. The molecule has 5 heteroatoms. The Kier molecular flexibility index (Phi) is 5.32. The van der Waals surface area contributed by atoms with Crippen LogP contribution in [0.2, 0.25) is 0 Å². The number of nitrogens with zero attached hydrogens (tertiary/aromatic N) is 1. The Morgan fingerprint density at radius 3 is 2.63 bits per heavy atom. The molecule has 1 aromatic carbocycles. The molecular formula is C14H22N2O3. The van der Waals surface area contributed by atoms with E-state index in [0.29, 0.717) is 13.1 Å². The predicted octanol–water partition coefficient (Wildman–Crippen LogP) is 1.16. The zero-order valence-corrected chi connectivity index (χ0v) is 11.9. The number of aliphatic carboxylic acids is 1. The van der Waals surface area contributed by atoms with Crippen molar-refractivity contribution in [2.45, 2.75) is 26.4 Å². The molecule has 1 unspecified atom stereocenters. The Labute approximate surface area is 114 Å². The smallest absolute Gasteiger partial charge is 0.321 e. The van der Waals surface area contributed by atoms with E-state index in [2.05, 4.69) is 12.1 Å². The fraction of sp³-hybridized carbons (Fsp3) is 0.500. The lowest BCUT2D eigenvalue weighted by molar-refractivity contribution is -0.138. The van der Waals surface area contributed by atoms with Crippen LogP contribution in [-0.4, -0.2) is 42.7 Å². The molecule has 3 N–H and O–H groups in total. The Morgan fingerprint density at radius 2 is 2.11 bits per heavy atom. The molecule has 0 saturated heterocycles. The summed E-state index contributed by atoms with van der Waals surface area (Å²) in [7, 11) is 3.49. The SMILES string of the molecule is COc1c(C)cc(C)cc1CN(C)CC(N)C(=O)O. The van der Waals surface area contributed by atoms with Gasteiger partial charge in [0.05, 0.1) is 7.11 Å². The Morgan fingerprint density at radius 1 is 1.47 bits per heavy atom. The maximum Gasteiger partial charge on any atom is 0.321 e. The minimum absolute atomic E-state index is 0.297. The molecule has 19 heavy (non-hydrogen) atoms. The molecule has 0 saturated carbocycles. The van der Waals surface area contributed by atoms with Gasteiger partial charge in [0.15, 0.2) is 0 Å². The lowest BCUT2D eigenvalue weighted by Gasteiger charge is -2.21. The second kappa shape index (κ2) is 6.54. The van der Waals surface area contributed by atoms with E-state index >= 15 is 0 Å². The average molecular weight is 266 g/mol. The van der Waals surface area contributed by atoms with Gasteiger partial charge in [0.2, 0.25) is 0 Å². The number of hydrogen-bond donors (Lipinski definition) is 2. The second-order valence-corrected chi connectivity index (χ2v) is 4.92. The number of carbonyl (C=O) groups is 1. The van der Waals surface area contributed by atoms with E-state index in [1.54, 1.807) is 7.11 Å². The van der Waals surface area contributed by atoms with Crippen molar-refractivity contribution < 1.29 is 14.6 Å². The number of aryl methyl sites for hydroxylation is 2. The van der Waals surface area contributed by atoms with Crippen LogP contribution in [0.1, 0.15) is 16.7 Å². The van der Waals surface area contributed by atoms with Crippen molar-refractivity contribution in [3.63, 3.8) is 0 Å². The maximum absolute atomic E-state index is 10.7. The molecular weight excluding hydrogens is 244 g/mol. The second-order valence-electron chi connectivity index (χ2n) is 4.92. The normalized spacial score (nSPS) is 12.5. The van der Waals surface area contributed by atoms with Gasteiger partial charge in [0, 0.05) is 18.7 Å². The van der Waals surface area contributed by atoms with Gasteiger partial charge in [-0.15, -0.1) is 0 Å². The molecule has 0 bridgehead atoms. The number of ether oxygens (including phenoxy) is 1. The summed E-state index contributed by atoms with van der Waals surface area (Å²) in [6.07, 6.45) is 0. The van der Waals surface area contributed by atoms with Crippen LogP contribution in [0.4, 0.5) is 0 Å². The third-order valence-electron chi connectivity index (χ3n) is 2.97. The summed E-state index contributed by atoms with van der Waals surface area (Å²) in [5.41, 5.74) is 8.80. The summed E-state index contributed by atoms with van der Waals surface area (Å²) in [5, 5.41) is 8.81. The van der Waals surface area contributed by atoms with Crippen molar-refractivity contribution in [3.05, 3.63) is 28.8 Å². The van der Waals surface area contributed by atoms with E-state index in [4.69, 9.17) is 15.6 Å². The highest BCUT2D eigenvalue weighted by Gasteiger charge is 2.16. The summed E-state index contributed by atoms with van der Waals surface area (Å²) in [6.45, 7) is 4.93. The number of benzene rings is 1. The summed E-state index contributed by atoms with van der Waals surface area (Å²) in [4.78, 5) is 12.6. The Bertz CT molecular complexity index is 460. The summed E-state index contributed by atoms with van der Waals surface area (Å²) in [6, 6.07) is 3.24. The quantitative estimate of drug-likeness (QED) is 0.808. The number of likely N-dealkylation sites (N-methyl/N-ethyl adjacent to an activating group) is 1. The van der Waals surface area contributed by atoms with Crippen LogP contribution in [0.3, 0.4) is 0 Å². The van der Waals surface area contributed by atoms with Crippen LogP contribution in [0.25, 0.3) is 0 Å². The Balaban J connectivity index is 2.84. The van der Waals surface area contributed by atoms with Crippen molar-refractivity contribution in [3.8, 4) is 5.75 Å². The molecule has 0 aromatic heterocycles. The number of rotatable bonds is 6. The molecule has 0 radical (unpaired) electrons. The molecule has 1 atom stereocenters. The molecule has 106 valence electrons. The van der Waals surface area contributed by atoms with Crippen molar-refractivity contribution in [2.24, 2.45) is 5.73 Å². The first-order chi connectivity index (χ1) is 8.85. The number of carboxylic acid groups (broad SMARTS) is 1. The third-order valence-corrected chi connectivity index (χ3v) is 2.97. The first-order valence-corrected chi connectivity index (χ1v) is 6.16. The molecule has 0 aliphatic carbocycles. The standard InChI is InChI=1S/C14H22N2O3/c1-9-5-10(2)13(19-4)11(6-9)7-16(3)8-12(15)14(17)18/h5-6,12H,7-8,15H2,1-4H3,(H,17,18). The van der Waals surface area contributed by atoms with E-state index in [1.165, 1.54) is 0 Å². The van der Waals surface area contributed by atoms with Crippen molar-refractivity contribution in [2.75, 3.05) is 20.7 Å². The van der Waals surface area contributed by atoms with Crippen LogP contribution in [0.15, 0.2) is 12.1 Å². The van der Waals surface area contributed by atoms with Gasteiger partial charge in [0.25, 0.3) is 0 Å². The van der Waals surface area contributed by atoms with Crippen LogP contribution >= 0.6 is 0 Å². The van der Waals surface area contributed by atoms with Crippen LogP contribution in [0.5, 0.6) is 5.75 Å². The van der Waals surface area contributed by atoms with Gasteiger partial charge in [-0.05, 0) is 26.5 Å². The van der Waals surface area contributed by atoms with Gasteiger partial charge < -0.3 is 15.6 Å². The molecule has 1 aromatic rings. The molecule has 5 nitrogen and oxygen atoms in total. The highest BCUT2D eigenvalue weighted by atomic mass is 16.5. The molecule has 0 aliphatic heterocycles. The highest BCUT2D eigenvalue weighted by molar-refractivity contribution is 5.73. The lowest BCUT2D eigenvalue weighted by Crippen LogP contribution is -2.40. The van der Waals surface area contributed by atoms with Crippen molar-refractivity contribution >= 4 is 5.97 Å². The summed E-state index contributed by atoms with van der Waals surface area (Å²) in [5.74, 6) is -0.138. The van der Waals surface area contributed by atoms with Gasteiger partial charge in [-0.2, -0.15) is 0 Å². The first kappa shape index (κ1) is 15.5. The monoisotopic (exact) mass is 266 g/mol. The largest absolute Gasteiger partial charge is 0.496 e. The van der Waals surface area contributed by atoms with Crippen LogP contribution in [-0.2, 0) is 11.3 Å². The number of nitrogens with two attached hydrogens (primary N) is 1. The van der Waals surface area contributed by atoms with Crippen molar-refractivity contribution in [1.82, 2.24) is 4.90 Å². The predicted molar refractivity (Wildman–Crippen MR) is 74.4 cm³/mol. The zero-order chi connectivity index (χ0) is 14.6. The zero-order valence-electron chi connectivity index (χ0n) is 11.9. The summed E-state index contributed by atoms with van der Waals surface area (Å²) >= 11 is 0. The van der Waals surface area contributed by atoms with E-state index in [1.807, 2.05) is 25.8 Å². The van der Waals surface area contributed by atoms with Gasteiger partial charge in [-0.25, -0.2) is 0 Å². The van der Waals surface area contributed by atoms with E-state index < -0.39 is 12.0 Å². The highest BCUT2D eigenvalue weighted by Crippen LogP contribution is 2.26. The van der Waals surface area contributed by atoms with Crippen LogP contribution in [0, 0.1) is 13.8 Å². The Hall–Kier alpha value is -1.59. The lowest BCUT2D eigenvalue weighted by atomic mass is 10.0. The van der Waals surface area contributed by atoms with E-state index in [0.717, 1.165) is 22.4 Å². The van der Waals surface area contributed by atoms with Gasteiger partial charge in [0.1, 0.15) is 11.8 Å². The van der Waals surface area contributed by atoms with E-state index in [9.17, 15) is 4.79 Å². The fourth-order valence-corrected chi connectivity index (χ4v) is 2.22. The molecule has 0 aliphatic rings. The molecule has 0 amide bonds. The minimum atomic E-state index is -0.987. The number of hydrogen-bond acceptors (Lipinski definition) is 4. The minimum Gasteiger partial charge on any atom is -0.496 e. The number of methoxy groups -OCH3 is 1. The number of carboxylic acids is 1. The van der Waals surface area contributed by atoms with Gasteiger partial charge in [-0.3, -0.25) is 9.69 Å². The third kappa shape index (κ3) is 4.22. The molecule has 0 fully saturated rings. The summed E-state index contributed by atoms with van der Waals surface area (Å²) < 4.78 is 5.41. The topological polar surface area (TPSA) is 75.8 Å². The maximum atomic E-state index is 10.7. The molecule has 0 spiro atoms. The van der Waals surface area contributed by atoms with Crippen molar-refractivity contribution in [1.29, 1.82) is 0 Å². The van der Waals surface area contributed by atoms with Crippen LogP contribution < -0.4 is 10.5 Å². The molecule has 1 rings (SSSR count). The van der Waals surface area contributed by atoms with Gasteiger partial charge in [-0.1, -0.05) is 17.7 Å². The fourth-order valence-electron chi connectivity index (χ4n) is 2.22. The average Bonchev–Trinajstić information content (AvgIpc) is 2.27.